The number of anilines is 1. The van der Waals surface area contributed by atoms with Crippen LogP contribution in [0.5, 0.6) is 11.5 Å². The maximum atomic E-state index is 5.85. The van der Waals surface area contributed by atoms with E-state index in [-0.39, 0.29) is 5.41 Å². The molecule has 0 bridgehead atoms. The summed E-state index contributed by atoms with van der Waals surface area (Å²) in [5.74, 6) is 1.70. The van der Waals surface area contributed by atoms with Crippen molar-refractivity contribution in [3.8, 4) is 22.8 Å². The average Bonchev–Trinajstić information content (AvgIpc) is 2.86. The first-order valence-electron chi connectivity index (χ1n) is 7.52. The molecule has 0 aliphatic rings. The lowest BCUT2D eigenvalue weighted by Gasteiger charge is -2.24. The van der Waals surface area contributed by atoms with Gasteiger partial charge < -0.3 is 15.2 Å². The normalized spacial score (nSPS) is 11.5. The second-order valence-electron chi connectivity index (χ2n) is 6.03. The molecule has 0 unspecified atom stereocenters. The quantitative estimate of drug-likeness (QED) is 0.882. The van der Waals surface area contributed by atoms with Crippen LogP contribution in [0, 0.1) is 0 Å². The van der Waals surface area contributed by atoms with Crippen molar-refractivity contribution in [1.29, 1.82) is 0 Å². The lowest BCUT2D eigenvalue weighted by molar-refractivity contribution is 0.322. The van der Waals surface area contributed by atoms with Crippen LogP contribution in [0.3, 0.4) is 0 Å². The number of rotatable bonds is 5. The van der Waals surface area contributed by atoms with Crippen LogP contribution in [0.2, 0.25) is 0 Å². The van der Waals surface area contributed by atoms with Crippen LogP contribution in [0.25, 0.3) is 11.3 Å². The van der Waals surface area contributed by atoms with Crippen molar-refractivity contribution in [2.75, 3.05) is 18.9 Å². The number of nitrogen functional groups attached to an aromatic ring is 1. The second-order valence-corrected chi connectivity index (χ2v) is 6.92. The van der Waals surface area contributed by atoms with Crippen LogP contribution in [-0.2, 0) is 5.41 Å². The molecule has 5 heteroatoms. The molecular weight excluding hydrogens is 296 g/mol. The van der Waals surface area contributed by atoms with Crippen molar-refractivity contribution in [1.82, 2.24) is 4.98 Å². The molecule has 0 aliphatic carbocycles. The summed E-state index contributed by atoms with van der Waals surface area (Å²) in [6, 6.07) is 4.09. The smallest absolute Gasteiger partial charge is 0.180 e. The molecule has 0 amide bonds. The molecule has 0 radical (unpaired) electrons. The van der Waals surface area contributed by atoms with E-state index in [4.69, 9.17) is 15.2 Å². The Bertz CT molecular complexity index is 645. The van der Waals surface area contributed by atoms with Gasteiger partial charge in [0.15, 0.2) is 5.13 Å². The van der Waals surface area contributed by atoms with Gasteiger partial charge in [0.1, 0.15) is 11.5 Å². The summed E-state index contributed by atoms with van der Waals surface area (Å²) < 4.78 is 11.7. The highest BCUT2D eigenvalue weighted by Gasteiger charge is 2.23. The van der Waals surface area contributed by atoms with Gasteiger partial charge in [0.25, 0.3) is 0 Å². The summed E-state index contributed by atoms with van der Waals surface area (Å²) in [5.41, 5.74) is 8.62. The molecule has 2 aromatic rings. The summed E-state index contributed by atoms with van der Waals surface area (Å²) in [6.45, 7) is 11.7. The fraction of sp³-hybridized carbons (Fsp3) is 0.471. The molecule has 0 spiro atoms. The van der Waals surface area contributed by atoms with Gasteiger partial charge in [0, 0.05) is 16.5 Å². The van der Waals surface area contributed by atoms with Crippen molar-refractivity contribution in [3.63, 3.8) is 0 Å². The maximum absolute atomic E-state index is 5.85. The highest BCUT2D eigenvalue weighted by molar-refractivity contribution is 7.13. The first-order chi connectivity index (χ1) is 10.4. The highest BCUT2D eigenvalue weighted by atomic mass is 32.1. The van der Waals surface area contributed by atoms with Crippen molar-refractivity contribution < 1.29 is 9.47 Å². The minimum absolute atomic E-state index is 0.0318. The first kappa shape index (κ1) is 16.6. The molecule has 1 heterocycles. The van der Waals surface area contributed by atoms with Crippen LogP contribution in [0.4, 0.5) is 5.13 Å². The molecule has 0 fully saturated rings. The van der Waals surface area contributed by atoms with E-state index in [0.717, 1.165) is 28.3 Å². The third-order valence-corrected chi connectivity index (χ3v) is 3.96. The predicted molar refractivity (Wildman–Crippen MR) is 93.0 cm³/mol. The van der Waals surface area contributed by atoms with E-state index in [2.05, 4.69) is 31.8 Å². The number of ether oxygens (including phenoxy) is 2. The van der Waals surface area contributed by atoms with Crippen LogP contribution < -0.4 is 15.2 Å². The molecule has 2 rings (SSSR count). The standard InChI is InChI=1S/C17H24N2O2S/c1-6-20-14-9-12(17(3,4)5)15(21-7-2)8-11(14)13-10-22-16(18)19-13/h8-10H,6-7H2,1-5H3,(H2,18,19). The predicted octanol–water partition coefficient (Wildman–Crippen LogP) is 4.49. The van der Waals surface area contributed by atoms with E-state index >= 15 is 0 Å². The third-order valence-electron chi connectivity index (χ3n) is 3.29. The van der Waals surface area contributed by atoms with Gasteiger partial charge in [-0.05, 0) is 31.4 Å². The largest absolute Gasteiger partial charge is 0.494 e. The zero-order chi connectivity index (χ0) is 16.3. The Morgan fingerprint density at radius 2 is 1.73 bits per heavy atom. The van der Waals surface area contributed by atoms with Crippen LogP contribution in [0.15, 0.2) is 17.5 Å². The van der Waals surface area contributed by atoms with Gasteiger partial charge in [-0.3, -0.25) is 0 Å². The zero-order valence-corrected chi connectivity index (χ0v) is 14.7. The summed E-state index contributed by atoms with van der Waals surface area (Å²) in [5, 5.41) is 2.50. The monoisotopic (exact) mass is 320 g/mol. The molecule has 120 valence electrons. The molecule has 0 saturated carbocycles. The summed E-state index contributed by atoms with van der Waals surface area (Å²) >= 11 is 1.43. The number of hydrogen-bond acceptors (Lipinski definition) is 5. The fourth-order valence-corrected chi connectivity index (χ4v) is 2.87. The number of benzene rings is 1. The lowest BCUT2D eigenvalue weighted by Crippen LogP contribution is -2.14. The van der Waals surface area contributed by atoms with Crippen LogP contribution in [0.1, 0.15) is 40.2 Å². The molecule has 22 heavy (non-hydrogen) atoms. The van der Waals surface area contributed by atoms with E-state index in [1.54, 1.807) is 0 Å². The first-order valence-corrected chi connectivity index (χ1v) is 8.40. The Morgan fingerprint density at radius 1 is 1.09 bits per heavy atom. The molecule has 4 nitrogen and oxygen atoms in total. The van der Waals surface area contributed by atoms with Gasteiger partial charge >= 0.3 is 0 Å². The van der Waals surface area contributed by atoms with Crippen LogP contribution in [-0.4, -0.2) is 18.2 Å². The van der Waals surface area contributed by atoms with Gasteiger partial charge in [-0.2, -0.15) is 0 Å². The molecule has 0 atom stereocenters. The highest BCUT2D eigenvalue weighted by Crippen LogP contribution is 2.41. The topological polar surface area (TPSA) is 57.4 Å². The number of thiazole rings is 1. The van der Waals surface area contributed by atoms with Crippen molar-refractivity contribution in [2.24, 2.45) is 0 Å². The third kappa shape index (κ3) is 3.53. The summed E-state index contributed by atoms with van der Waals surface area (Å²) in [7, 11) is 0. The van der Waals surface area contributed by atoms with Crippen molar-refractivity contribution in [2.45, 2.75) is 40.0 Å². The fourth-order valence-electron chi connectivity index (χ4n) is 2.31. The molecule has 1 aromatic heterocycles. The zero-order valence-electron chi connectivity index (χ0n) is 13.9. The Labute approximate surface area is 136 Å². The Morgan fingerprint density at radius 3 is 2.23 bits per heavy atom. The molecule has 2 N–H and O–H groups in total. The average molecular weight is 320 g/mol. The Kier molecular flexibility index (Phi) is 4.96. The van der Waals surface area contributed by atoms with Gasteiger partial charge in [-0.1, -0.05) is 20.8 Å². The molecule has 0 saturated heterocycles. The number of aromatic nitrogens is 1. The van der Waals surface area contributed by atoms with Crippen molar-refractivity contribution in [3.05, 3.63) is 23.1 Å². The van der Waals surface area contributed by atoms with Crippen molar-refractivity contribution >= 4 is 16.5 Å². The summed E-state index contributed by atoms with van der Waals surface area (Å²) in [6.07, 6.45) is 0. The number of nitrogens with zero attached hydrogens (tertiary/aromatic N) is 1. The van der Waals surface area contributed by atoms with E-state index in [1.165, 1.54) is 11.3 Å². The van der Waals surface area contributed by atoms with Gasteiger partial charge in [-0.15, -0.1) is 11.3 Å². The van der Waals surface area contributed by atoms with Gasteiger partial charge in [0.05, 0.1) is 18.9 Å². The van der Waals surface area contributed by atoms with E-state index in [9.17, 15) is 0 Å². The number of nitrogens with two attached hydrogens (primary N) is 1. The maximum Gasteiger partial charge on any atom is 0.180 e. The lowest BCUT2D eigenvalue weighted by atomic mass is 9.85. The Balaban J connectivity index is 2.63. The minimum Gasteiger partial charge on any atom is -0.494 e. The second kappa shape index (κ2) is 6.57. The van der Waals surface area contributed by atoms with E-state index in [1.807, 2.05) is 25.3 Å². The van der Waals surface area contributed by atoms with Gasteiger partial charge in [0.2, 0.25) is 0 Å². The summed E-state index contributed by atoms with van der Waals surface area (Å²) in [4.78, 5) is 4.38. The SMILES string of the molecule is CCOc1cc(C(C)(C)C)c(OCC)cc1-c1csc(N)n1. The Hall–Kier alpha value is -1.75. The molecule has 1 aromatic carbocycles. The minimum atomic E-state index is -0.0318. The van der Waals surface area contributed by atoms with Gasteiger partial charge in [-0.25, -0.2) is 4.98 Å². The van der Waals surface area contributed by atoms with Crippen LogP contribution >= 0.6 is 11.3 Å². The molecular formula is C17H24N2O2S. The molecule has 0 aliphatic heterocycles. The number of hydrogen-bond donors (Lipinski definition) is 1. The van der Waals surface area contributed by atoms with E-state index < -0.39 is 0 Å². The van der Waals surface area contributed by atoms with E-state index in [0.29, 0.717) is 18.3 Å².